The van der Waals surface area contributed by atoms with Gasteiger partial charge in [0, 0.05) is 20.0 Å². The Kier molecular flexibility index (Phi) is 3.17. The van der Waals surface area contributed by atoms with E-state index in [9.17, 15) is 0 Å². The molecule has 0 aliphatic heterocycles. The van der Waals surface area contributed by atoms with Crippen molar-refractivity contribution < 1.29 is 4.74 Å². The third-order valence-corrected chi connectivity index (χ3v) is 1.80. The fourth-order valence-electron chi connectivity index (χ4n) is 1.04. The normalized spacial score (nSPS) is 37.1. The molecule has 10 heavy (non-hydrogen) atoms. The lowest BCUT2D eigenvalue weighted by molar-refractivity contribution is 0.00685. The van der Waals surface area contributed by atoms with E-state index in [1.165, 1.54) is 0 Å². The van der Waals surface area contributed by atoms with Crippen LogP contribution in [0.5, 0.6) is 0 Å². The fraction of sp³-hybridized carbons (Fsp3) is 0.714. The zero-order chi connectivity index (χ0) is 6.91. The zero-order valence-corrected chi connectivity index (χ0v) is 6.78. The molecular formula is C7H12ClNO. The molecule has 1 rings (SSSR count). The van der Waals surface area contributed by atoms with Gasteiger partial charge in [0.15, 0.2) is 0 Å². The number of nitrogens with two attached hydrogens (primary N) is 1. The number of methoxy groups -OCH3 is 1. The summed E-state index contributed by atoms with van der Waals surface area (Å²) in [7, 11) is 1.68. The molecule has 1 fully saturated rings. The maximum Gasteiger partial charge on any atom is 0.0823 e. The Hall–Kier alpha value is -0.230. The van der Waals surface area contributed by atoms with Crippen molar-refractivity contribution in [1.82, 2.24) is 0 Å². The lowest BCUT2D eigenvalue weighted by Crippen LogP contribution is -2.53. The van der Waals surface area contributed by atoms with Gasteiger partial charge in [-0.3, -0.25) is 0 Å². The number of halogens is 1. The van der Waals surface area contributed by atoms with Gasteiger partial charge in [0.25, 0.3) is 0 Å². The Morgan fingerprint density at radius 3 is 2.50 bits per heavy atom. The molecule has 0 bridgehead atoms. The number of terminal acetylenes is 1. The molecule has 1 aliphatic rings. The second-order valence-corrected chi connectivity index (χ2v) is 2.57. The molecule has 3 heteroatoms. The number of hydrogen-bond acceptors (Lipinski definition) is 2. The number of rotatable bonds is 1. The summed E-state index contributed by atoms with van der Waals surface area (Å²) in [6.07, 6.45) is 7.06. The van der Waals surface area contributed by atoms with E-state index in [4.69, 9.17) is 16.9 Å². The van der Waals surface area contributed by atoms with Gasteiger partial charge in [-0.1, -0.05) is 5.92 Å². The number of ether oxygens (including phenoxy) is 1. The molecule has 2 nitrogen and oxygen atoms in total. The first-order valence-electron chi connectivity index (χ1n) is 2.99. The van der Waals surface area contributed by atoms with Gasteiger partial charge < -0.3 is 10.5 Å². The Morgan fingerprint density at radius 1 is 1.70 bits per heavy atom. The predicted octanol–water partition coefficient (Wildman–Crippen LogP) is 0.548. The summed E-state index contributed by atoms with van der Waals surface area (Å²) >= 11 is 0. The fourth-order valence-corrected chi connectivity index (χ4v) is 1.04. The van der Waals surface area contributed by atoms with Gasteiger partial charge in [-0.2, -0.15) is 0 Å². The standard InChI is InChI=1S/C7H11NO.ClH/c1-3-7(8)4-6(5-7)9-2;/h1,6H,4-5,8H2,2H3;1H. The molecule has 0 spiro atoms. The van der Waals surface area contributed by atoms with Crippen molar-refractivity contribution in [3.63, 3.8) is 0 Å². The minimum atomic E-state index is -0.360. The van der Waals surface area contributed by atoms with Crippen molar-refractivity contribution in [2.45, 2.75) is 24.5 Å². The molecule has 0 heterocycles. The number of hydrogen-bond donors (Lipinski definition) is 1. The van der Waals surface area contributed by atoms with Crippen molar-refractivity contribution in [2.24, 2.45) is 5.73 Å². The van der Waals surface area contributed by atoms with E-state index in [0.717, 1.165) is 12.8 Å². The Morgan fingerprint density at radius 2 is 2.20 bits per heavy atom. The Balaban J connectivity index is 0.000000810. The first-order chi connectivity index (χ1) is 4.20. The summed E-state index contributed by atoms with van der Waals surface area (Å²) in [5.41, 5.74) is 5.29. The van der Waals surface area contributed by atoms with E-state index in [1.54, 1.807) is 7.11 Å². The highest BCUT2D eigenvalue weighted by Gasteiger charge is 2.39. The minimum Gasteiger partial charge on any atom is -0.381 e. The molecule has 58 valence electrons. The van der Waals surface area contributed by atoms with Gasteiger partial charge >= 0.3 is 0 Å². The van der Waals surface area contributed by atoms with Crippen LogP contribution in [-0.4, -0.2) is 18.8 Å². The highest BCUT2D eigenvalue weighted by atomic mass is 35.5. The van der Waals surface area contributed by atoms with Crippen LogP contribution in [0.2, 0.25) is 0 Å². The molecule has 2 N–H and O–H groups in total. The smallest absolute Gasteiger partial charge is 0.0823 e. The third kappa shape index (κ3) is 1.63. The van der Waals surface area contributed by atoms with Crippen LogP contribution >= 0.6 is 12.4 Å². The molecule has 0 atom stereocenters. The SMILES string of the molecule is C#CC1(N)CC(OC)C1.Cl. The molecule has 0 aromatic heterocycles. The first kappa shape index (κ1) is 9.77. The van der Waals surface area contributed by atoms with Crippen molar-refractivity contribution in [3.8, 4) is 12.3 Å². The quantitative estimate of drug-likeness (QED) is 0.570. The third-order valence-electron chi connectivity index (χ3n) is 1.80. The van der Waals surface area contributed by atoms with Crippen molar-refractivity contribution in [2.75, 3.05) is 7.11 Å². The molecule has 0 unspecified atom stereocenters. The van der Waals surface area contributed by atoms with E-state index in [1.807, 2.05) is 0 Å². The van der Waals surface area contributed by atoms with Crippen molar-refractivity contribution in [1.29, 1.82) is 0 Å². The maximum atomic E-state index is 5.65. The predicted molar refractivity (Wildman–Crippen MR) is 43.0 cm³/mol. The highest BCUT2D eigenvalue weighted by molar-refractivity contribution is 5.85. The summed E-state index contributed by atoms with van der Waals surface area (Å²) < 4.78 is 5.01. The molecule has 0 saturated heterocycles. The summed E-state index contributed by atoms with van der Waals surface area (Å²) in [6.45, 7) is 0. The maximum absolute atomic E-state index is 5.65. The molecule has 1 aliphatic carbocycles. The van der Waals surface area contributed by atoms with E-state index in [0.29, 0.717) is 6.10 Å². The van der Waals surface area contributed by atoms with Crippen LogP contribution in [-0.2, 0) is 4.74 Å². The second kappa shape index (κ2) is 3.25. The summed E-state index contributed by atoms with van der Waals surface area (Å²) in [6, 6.07) is 0. The van der Waals surface area contributed by atoms with Gasteiger partial charge in [-0.15, -0.1) is 18.8 Å². The Labute approximate surface area is 67.5 Å². The van der Waals surface area contributed by atoms with Crippen LogP contribution in [0, 0.1) is 12.3 Å². The van der Waals surface area contributed by atoms with Gasteiger partial charge in [0.2, 0.25) is 0 Å². The monoisotopic (exact) mass is 161 g/mol. The largest absolute Gasteiger partial charge is 0.381 e. The summed E-state index contributed by atoms with van der Waals surface area (Å²) in [4.78, 5) is 0. The van der Waals surface area contributed by atoms with Crippen LogP contribution in [0.25, 0.3) is 0 Å². The average molecular weight is 162 g/mol. The molecule has 0 aromatic rings. The average Bonchev–Trinajstić information content (AvgIpc) is 1.81. The van der Waals surface area contributed by atoms with Crippen LogP contribution in [0.15, 0.2) is 0 Å². The van der Waals surface area contributed by atoms with Gasteiger partial charge in [0.1, 0.15) is 0 Å². The topological polar surface area (TPSA) is 35.2 Å². The van der Waals surface area contributed by atoms with Crippen LogP contribution in [0.3, 0.4) is 0 Å². The van der Waals surface area contributed by atoms with Gasteiger partial charge in [-0.05, 0) is 0 Å². The zero-order valence-electron chi connectivity index (χ0n) is 5.96. The van der Waals surface area contributed by atoms with Gasteiger partial charge in [0.05, 0.1) is 11.6 Å². The summed E-state index contributed by atoms with van der Waals surface area (Å²) in [5, 5.41) is 0. The first-order valence-corrected chi connectivity index (χ1v) is 2.99. The molecule has 0 aromatic carbocycles. The van der Waals surface area contributed by atoms with E-state index < -0.39 is 0 Å². The van der Waals surface area contributed by atoms with Crippen molar-refractivity contribution in [3.05, 3.63) is 0 Å². The van der Waals surface area contributed by atoms with Crippen LogP contribution in [0.4, 0.5) is 0 Å². The van der Waals surface area contributed by atoms with Crippen LogP contribution < -0.4 is 5.73 Å². The second-order valence-electron chi connectivity index (χ2n) is 2.57. The minimum absolute atomic E-state index is 0. The van der Waals surface area contributed by atoms with E-state index >= 15 is 0 Å². The highest BCUT2D eigenvalue weighted by Crippen LogP contribution is 2.30. The molecular weight excluding hydrogens is 150 g/mol. The van der Waals surface area contributed by atoms with E-state index in [2.05, 4.69) is 5.92 Å². The lowest BCUT2D eigenvalue weighted by atomic mass is 9.76. The lowest BCUT2D eigenvalue weighted by Gasteiger charge is -2.39. The summed E-state index contributed by atoms with van der Waals surface area (Å²) in [5.74, 6) is 2.54. The van der Waals surface area contributed by atoms with Crippen molar-refractivity contribution >= 4 is 12.4 Å². The van der Waals surface area contributed by atoms with Crippen LogP contribution in [0.1, 0.15) is 12.8 Å². The Bertz CT molecular complexity index is 146. The van der Waals surface area contributed by atoms with Gasteiger partial charge in [-0.25, -0.2) is 0 Å². The molecule has 1 saturated carbocycles. The van der Waals surface area contributed by atoms with E-state index in [-0.39, 0.29) is 17.9 Å². The molecule has 0 amide bonds. The molecule has 0 radical (unpaired) electrons.